The Kier molecular flexibility index (Phi) is 6.49. The first-order valence-corrected chi connectivity index (χ1v) is 9.38. The lowest BCUT2D eigenvalue weighted by molar-refractivity contribution is -0.120. The molecule has 0 saturated carbocycles. The number of nitrogens with one attached hydrogen (secondary N) is 2. The van der Waals surface area contributed by atoms with Gasteiger partial charge in [-0.1, -0.05) is 24.3 Å². The number of hydrogen-bond donors (Lipinski definition) is 2. The summed E-state index contributed by atoms with van der Waals surface area (Å²) in [7, 11) is 1.61. The molecule has 6 nitrogen and oxygen atoms in total. The van der Waals surface area contributed by atoms with Gasteiger partial charge in [-0.25, -0.2) is 0 Å². The van der Waals surface area contributed by atoms with E-state index in [4.69, 9.17) is 9.15 Å². The molecule has 0 aliphatic rings. The van der Waals surface area contributed by atoms with Gasteiger partial charge in [0.2, 0.25) is 5.91 Å². The van der Waals surface area contributed by atoms with Crippen molar-refractivity contribution in [1.29, 1.82) is 0 Å². The van der Waals surface area contributed by atoms with Gasteiger partial charge in [0, 0.05) is 12.2 Å². The molecule has 2 N–H and O–H groups in total. The third-order valence-electron chi connectivity index (χ3n) is 4.00. The van der Waals surface area contributed by atoms with Gasteiger partial charge in [-0.3, -0.25) is 9.59 Å². The SMILES string of the molecule is COc1cccc(CNC(=O)Cc2ccc(NC(=O)c3ccc(Br)o3)cc2)c1. The van der Waals surface area contributed by atoms with E-state index in [9.17, 15) is 9.59 Å². The number of benzene rings is 2. The molecule has 2 amide bonds. The lowest BCUT2D eigenvalue weighted by Crippen LogP contribution is -2.24. The van der Waals surface area contributed by atoms with Crippen LogP contribution in [0.15, 0.2) is 69.8 Å². The minimum atomic E-state index is -0.338. The topological polar surface area (TPSA) is 80.6 Å². The van der Waals surface area contributed by atoms with E-state index >= 15 is 0 Å². The van der Waals surface area contributed by atoms with Gasteiger partial charge < -0.3 is 19.8 Å². The average molecular weight is 443 g/mol. The van der Waals surface area contributed by atoms with E-state index in [1.54, 1.807) is 43.5 Å². The van der Waals surface area contributed by atoms with Crippen LogP contribution in [-0.2, 0) is 17.8 Å². The van der Waals surface area contributed by atoms with Gasteiger partial charge in [0.25, 0.3) is 5.91 Å². The summed E-state index contributed by atoms with van der Waals surface area (Å²) in [6.07, 6.45) is 0.253. The van der Waals surface area contributed by atoms with Crippen molar-refractivity contribution in [2.24, 2.45) is 0 Å². The van der Waals surface area contributed by atoms with Gasteiger partial charge in [0.15, 0.2) is 10.4 Å². The molecule has 0 radical (unpaired) electrons. The van der Waals surface area contributed by atoms with Crippen LogP contribution in [0.4, 0.5) is 5.69 Å². The number of carbonyl (C=O) groups excluding carboxylic acids is 2. The number of carbonyl (C=O) groups is 2. The predicted octanol–water partition coefficient (Wildman–Crippen LogP) is 4.16. The molecule has 3 aromatic rings. The zero-order valence-corrected chi connectivity index (χ0v) is 16.8. The quantitative estimate of drug-likeness (QED) is 0.575. The monoisotopic (exact) mass is 442 g/mol. The molecule has 28 heavy (non-hydrogen) atoms. The van der Waals surface area contributed by atoms with Crippen LogP contribution in [0.3, 0.4) is 0 Å². The number of hydrogen-bond acceptors (Lipinski definition) is 4. The van der Waals surface area contributed by atoms with Gasteiger partial charge in [-0.05, 0) is 63.5 Å². The highest BCUT2D eigenvalue weighted by Gasteiger charge is 2.11. The third kappa shape index (κ3) is 5.47. The number of anilines is 1. The summed E-state index contributed by atoms with van der Waals surface area (Å²) >= 11 is 3.16. The number of methoxy groups -OCH3 is 1. The second-order valence-corrected chi connectivity index (χ2v) is 6.84. The normalized spacial score (nSPS) is 10.4. The van der Waals surface area contributed by atoms with Crippen LogP contribution in [0.5, 0.6) is 5.75 Å². The molecule has 0 aliphatic heterocycles. The van der Waals surface area contributed by atoms with Crippen molar-refractivity contribution < 1.29 is 18.7 Å². The van der Waals surface area contributed by atoms with Crippen molar-refractivity contribution in [2.45, 2.75) is 13.0 Å². The smallest absolute Gasteiger partial charge is 0.291 e. The van der Waals surface area contributed by atoms with Crippen LogP contribution in [0.1, 0.15) is 21.7 Å². The number of ether oxygens (including phenoxy) is 1. The Bertz CT molecular complexity index is 967. The Balaban J connectivity index is 1.50. The van der Waals surface area contributed by atoms with Gasteiger partial charge in [-0.2, -0.15) is 0 Å². The van der Waals surface area contributed by atoms with Crippen LogP contribution >= 0.6 is 15.9 Å². The summed E-state index contributed by atoms with van der Waals surface area (Å²) in [6, 6.07) is 17.9. The second kappa shape index (κ2) is 9.23. The first kappa shape index (κ1) is 19.7. The Labute approximate surface area is 171 Å². The largest absolute Gasteiger partial charge is 0.497 e. The first-order valence-electron chi connectivity index (χ1n) is 8.59. The van der Waals surface area contributed by atoms with Crippen molar-refractivity contribution in [3.8, 4) is 5.75 Å². The first-order chi connectivity index (χ1) is 13.5. The van der Waals surface area contributed by atoms with Crippen molar-refractivity contribution >= 4 is 33.4 Å². The summed E-state index contributed by atoms with van der Waals surface area (Å²) in [5.74, 6) is 0.550. The summed E-state index contributed by atoms with van der Waals surface area (Å²) in [6.45, 7) is 0.433. The fourth-order valence-electron chi connectivity index (χ4n) is 2.57. The van der Waals surface area contributed by atoms with Gasteiger partial charge in [-0.15, -0.1) is 0 Å². The van der Waals surface area contributed by atoms with Crippen LogP contribution in [-0.4, -0.2) is 18.9 Å². The van der Waals surface area contributed by atoms with Crippen LogP contribution in [0.25, 0.3) is 0 Å². The van der Waals surface area contributed by atoms with E-state index in [0.717, 1.165) is 16.9 Å². The Hall–Kier alpha value is -3.06. The number of furan rings is 1. The van der Waals surface area contributed by atoms with Crippen LogP contribution < -0.4 is 15.4 Å². The van der Waals surface area contributed by atoms with Crippen molar-refractivity contribution in [2.75, 3.05) is 12.4 Å². The standard InChI is InChI=1S/C21H19BrN2O4/c1-27-17-4-2-3-15(11-17)13-23-20(25)12-14-5-7-16(8-6-14)24-21(26)18-9-10-19(22)28-18/h2-11H,12-13H2,1H3,(H,23,25)(H,24,26). The Morgan fingerprint density at radius 1 is 1.04 bits per heavy atom. The lowest BCUT2D eigenvalue weighted by atomic mass is 10.1. The highest BCUT2D eigenvalue weighted by molar-refractivity contribution is 9.10. The molecular weight excluding hydrogens is 424 g/mol. The highest BCUT2D eigenvalue weighted by Crippen LogP contribution is 2.17. The van der Waals surface area contributed by atoms with Crippen molar-refractivity contribution in [3.63, 3.8) is 0 Å². The molecule has 1 aromatic heterocycles. The van der Waals surface area contributed by atoms with Gasteiger partial charge in [0.05, 0.1) is 13.5 Å². The molecule has 3 rings (SSSR count). The minimum Gasteiger partial charge on any atom is -0.497 e. The number of rotatable bonds is 7. The van der Waals surface area contributed by atoms with E-state index in [0.29, 0.717) is 16.9 Å². The van der Waals surface area contributed by atoms with E-state index < -0.39 is 0 Å². The van der Waals surface area contributed by atoms with E-state index in [1.807, 2.05) is 24.3 Å². The average Bonchev–Trinajstić information content (AvgIpc) is 3.14. The maximum Gasteiger partial charge on any atom is 0.291 e. The van der Waals surface area contributed by atoms with E-state index in [2.05, 4.69) is 26.6 Å². The zero-order valence-electron chi connectivity index (χ0n) is 15.2. The molecule has 0 aliphatic carbocycles. The fraction of sp³-hybridized carbons (Fsp3) is 0.143. The lowest BCUT2D eigenvalue weighted by Gasteiger charge is -2.08. The predicted molar refractivity (Wildman–Crippen MR) is 109 cm³/mol. The van der Waals surface area contributed by atoms with E-state index in [1.165, 1.54) is 0 Å². The molecule has 0 atom stereocenters. The van der Waals surface area contributed by atoms with Crippen molar-refractivity contribution in [3.05, 3.63) is 82.2 Å². The molecule has 0 saturated heterocycles. The molecule has 0 unspecified atom stereocenters. The maximum absolute atomic E-state index is 12.2. The molecule has 7 heteroatoms. The summed E-state index contributed by atoms with van der Waals surface area (Å²) in [4.78, 5) is 24.2. The fourth-order valence-corrected chi connectivity index (χ4v) is 2.87. The molecule has 0 fully saturated rings. The minimum absolute atomic E-state index is 0.0833. The second-order valence-electron chi connectivity index (χ2n) is 6.06. The molecule has 0 bridgehead atoms. The Morgan fingerprint density at radius 2 is 1.82 bits per heavy atom. The third-order valence-corrected chi connectivity index (χ3v) is 4.42. The van der Waals surface area contributed by atoms with Crippen LogP contribution in [0, 0.1) is 0 Å². The Morgan fingerprint density at radius 3 is 2.50 bits per heavy atom. The number of halogens is 1. The molecule has 2 aromatic carbocycles. The van der Waals surface area contributed by atoms with Crippen molar-refractivity contribution in [1.82, 2.24) is 5.32 Å². The molecule has 1 heterocycles. The number of amides is 2. The highest BCUT2D eigenvalue weighted by atomic mass is 79.9. The molecular formula is C21H19BrN2O4. The summed E-state index contributed by atoms with van der Waals surface area (Å²) < 4.78 is 10.9. The molecule has 0 spiro atoms. The molecule has 144 valence electrons. The summed E-state index contributed by atoms with van der Waals surface area (Å²) in [5, 5.41) is 5.63. The van der Waals surface area contributed by atoms with Crippen LogP contribution in [0.2, 0.25) is 0 Å². The maximum atomic E-state index is 12.2. The van der Waals surface area contributed by atoms with Gasteiger partial charge >= 0.3 is 0 Å². The summed E-state index contributed by atoms with van der Waals surface area (Å²) in [5.41, 5.74) is 2.44. The van der Waals surface area contributed by atoms with Gasteiger partial charge in [0.1, 0.15) is 5.75 Å². The van der Waals surface area contributed by atoms with E-state index in [-0.39, 0.29) is 24.0 Å². The zero-order chi connectivity index (χ0) is 19.9.